The lowest BCUT2D eigenvalue weighted by Crippen LogP contribution is -2.01. The third kappa shape index (κ3) is 2.21. The second-order valence-corrected chi connectivity index (χ2v) is 4.92. The fraction of sp³-hybridized carbons (Fsp3) is 0. The summed E-state index contributed by atoms with van der Waals surface area (Å²) in [7, 11) is 0. The first-order valence-corrected chi connectivity index (χ1v) is 6.51. The maximum absolute atomic E-state index is 6.20. The van der Waals surface area contributed by atoms with Crippen molar-refractivity contribution in [3.8, 4) is 17.1 Å². The van der Waals surface area contributed by atoms with E-state index in [1.807, 2.05) is 18.2 Å². The van der Waals surface area contributed by atoms with Crippen molar-refractivity contribution in [3.05, 3.63) is 52.5 Å². The molecule has 0 amide bonds. The van der Waals surface area contributed by atoms with Gasteiger partial charge < -0.3 is 5.73 Å². The Balaban J connectivity index is 2.18. The first kappa shape index (κ1) is 12.9. The van der Waals surface area contributed by atoms with Crippen LogP contribution in [0.3, 0.4) is 0 Å². The van der Waals surface area contributed by atoms with Crippen molar-refractivity contribution in [2.45, 2.75) is 0 Å². The monoisotopic (exact) mass is 305 g/mol. The minimum atomic E-state index is 0.480. The average Bonchev–Trinajstić information content (AvgIpc) is 2.88. The van der Waals surface area contributed by atoms with Gasteiger partial charge in [0.2, 0.25) is 0 Å². The number of nitrogens with zero attached hydrogens (tertiary/aromatic N) is 4. The van der Waals surface area contributed by atoms with Gasteiger partial charge >= 0.3 is 0 Å². The van der Waals surface area contributed by atoms with Gasteiger partial charge in [-0.05, 0) is 40.8 Å². The van der Waals surface area contributed by atoms with E-state index in [1.165, 1.54) is 0 Å². The van der Waals surface area contributed by atoms with E-state index in [9.17, 15) is 0 Å². The van der Waals surface area contributed by atoms with Gasteiger partial charge in [0.1, 0.15) is 0 Å². The second kappa shape index (κ2) is 5.11. The SMILES string of the molecule is Nc1ccc(-c2nnnn2-c2ccccc2Cl)c(Cl)c1. The molecule has 0 atom stereocenters. The highest BCUT2D eigenvalue weighted by atomic mass is 35.5. The lowest BCUT2D eigenvalue weighted by atomic mass is 10.2. The Morgan fingerprint density at radius 1 is 1.00 bits per heavy atom. The Hall–Kier alpha value is -2.11. The summed E-state index contributed by atoms with van der Waals surface area (Å²) in [5.74, 6) is 0.503. The third-order valence-corrected chi connectivity index (χ3v) is 3.42. The van der Waals surface area contributed by atoms with E-state index in [-0.39, 0.29) is 0 Å². The van der Waals surface area contributed by atoms with Crippen LogP contribution in [0.15, 0.2) is 42.5 Å². The summed E-state index contributed by atoms with van der Waals surface area (Å²) >= 11 is 12.4. The Morgan fingerprint density at radius 2 is 1.80 bits per heavy atom. The number of hydrogen-bond donors (Lipinski definition) is 1. The van der Waals surface area contributed by atoms with Crippen molar-refractivity contribution >= 4 is 28.9 Å². The predicted molar refractivity (Wildman–Crippen MR) is 79.0 cm³/mol. The van der Waals surface area contributed by atoms with Crippen LogP contribution in [0.4, 0.5) is 5.69 Å². The van der Waals surface area contributed by atoms with Crippen LogP contribution in [-0.4, -0.2) is 20.2 Å². The normalized spacial score (nSPS) is 10.7. The van der Waals surface area contributed by atoms with E-state index in [1.54, 1.807) is 28.9 Å². The Bertz CT molecular complexity index is 769. The van der Waals surface area contributed by atoms with Gasteiger partial charge in [-0.3, -0.25) is 0 Å². The molecule has 1 aromatic heterocycles. The van der Waals surface area contributed by atoms with Crippen LogP contribution in [-0.2, 0) is 0 Å². The number of anilines is 1. The molecule has 0 saturated carbocycles. The Morgan fingerprint density at radius 3 is 2.55 bits per heavy atom. The molecule has 0 spiro atoms. The number of rotatable bonds is 2. The summed E-state index contributed by atoms with van der Waals surface area (Å²) < 4.78 is 1.54. The van der Waals surface area contributed by atoms with E-state index < -0.39 is 0 Å². The first-order chi connectivity index (χ1) is 9.66. The van der Waals surface area contributed by atoms with E-state index >= 15 is 0 Å². The molecule has 0 aliphatic rings. The van der Waals surface area contributed by atoms with Gasteiger partial charge in [-0.25, -0.2) is 0 Å². The number of nitrogen functional groups attached to an aromatic ring is 1. The van der Waals surface area contributed by atoms with Crippen LogP contribution < -0.4 is 5.73 Å². The molecule has 100 valence electrons. The number of aromatic nitrogens is 4. The lowest BCUT2D eigenvalue weighted by molar-refractivity contribution is 0.791. The Kier molecular flexibility index (Phi) is 3.30. The molecule has 3 rings (SSSR count). The molecule has 7 heteroatoms. The molecule has 0 aliphatic carbocycles. The zero-order valence-corrected chi connectivity index (χ0v) is 11.7. The topological polar surface area (TPSA) is 69.6 Å². The summed E-state index contributed by atoms with van der Waals surface area (Å²) in [6.07, 6.45) is 0. The van der Waals surface area contributed by atoms with Crippen LogP contribution in [0.25, 0.3) is 17.1 Å². The van der Waals surface area contributed by atoms with Gasteiger partial charge in [-0.15, -0.1) is 5.10 Å². The maximum Gasteiger partial charge on any atom is 0.188 e. The molecule has 5 nitrogen and oxygen atoms in total. The number of para-hydroxylation sites is 1. The smallest absolute Gasteiger partial charge is 0.188 e. The number of tetrazole rings is 1. The zero-order chi connectivity index (χ0) is 14.1. The minimum Gasteiger partial charge on any atom is -0.399 e. The summed E-state index contributed by atoms with van der Waals surface area (Å²) in [5.41, 5.74) is 7.64. The van der Waals surface area contributed by atoms with Gasteiger partial charge in [0, 0.05) is 11.3 Å². The molecule has 0 radical (unpaired) electrons. The summed E-state index contributed by atoms with van der Waals surface area (Å²) in [5, 5.41) is 12.7. The summed E-state index contributed by atoms with van der Waals surface area (Å²) in [6.45, 7) is 0. The van der Waals surface area contributed by atoms with Crippen LogP contribution in [0, 0.1) is 0 Å². The Labute approximate surface area is 124 Å². The zero-order valence-electron chi connectivity index (χ0n) is 10.2. The van der Waals surface area contributed by atoms with E-state index in [4.69, 9.17) is 28.9 Å². The highest BCUT2D eigenvalue weighted by Gasteiger charge is 2.15. The highest BCUT2D eigenvalue weighted by molar-refractivity contribution is 6.33. The first-order valence-electron chi connectivity index (χ1n) is 5.75. The van der Waals surface area contributed by atoms with E-state index in [2.05, 4.69) is 15.5 Å². The van der Waals surface area contributed by atoms with Crippen molar-refractivity contribution in [1.29, 1.82) is 0 Å². The molecular weight excluding hydrogens is 297 g/mol. The highest BCUT2D eigenvalue weighted by Crippen LogP contribution is 2.30. The fourth-order valence-corrected chi connectivity index (χ4v) is 2.34. The minimum absolute atomic E-state index is 0.480. The fourth-order valence-electron chi connectivity index (χ4n) is 1.85. The summed E-state index contributed by atoms with van der Waals surface area (Å²) in [4.78, 5) is 0. The van der Waals surface area contributed by atoms with Crippen molar-refractivity contribution < 1.29 is 0 Å². The molecule has 0 unspecified atom stereocenters. The standard InChI is InChI=1S/C13H9Cl2N5/c14-10-3-1-2-4-12(10)20-13(17-18-19-20)9-6-5-8(16)7-11(9)15/h1-7H,16H2. The second-order valence-electron chi connectivity index (χ2n) is 4.10. The predicted octanol–water partition coefficient (Wildman–Crippen LogP) is 3.22. The third-order valence-electron chi connectivity index (χ3n) is 2.78. The van der Waals surface area contributed by atoms with Gasteiger partial charge in [0.05, 0.1) is 15.7 Å². The summed E-state index contributed by atoms with van der Waals surface area (Å²) in [6, 6.07) is 12.5. The van der Waals surface area contributed by atoms with Crippen LogP contribution in [0.5, 0.6) is 0 Å². The van der Waals surface area contributed by atoms with Crippen molar-refractivity contribution in [1.82, 2.24) is 20.2 Å². The average molecular weight is 306 g/mol. The molecule has 2 N–H and O–H groups in total. The van der Waals surface area contributed by atoms with Crippen molar-refractivity contribution in [2.75, 3.05) is 5.73 Å². The van der Waals surface area contributed by atoms with Crippen molar-refractivity contribution in [2.24, 2.45) is 0 Å². The van der Waals surface area contributed by atoms with Crippen molar-refractivity contribution in [3.63, 3.8) is 0 Å². The molecule has 0 fully saturated rings. The molecule has 20 heavy (non-hydrogen) atoms. The molecule has 0 aliphatic heterocycles. The van der Waals surface area contributed by atoms with Gasteiger partial charge in [-0.2, -0.15) is 4.68 Å². The van der Waals surface area contributed by atoms with Crippen LogP contribution >= 0.6 is 23.2 Å². The van der Waals surface area contributed by atoms with E-state index in [0.717, 1.165) is 0 Å². The quantitative estimate of drug-likeness (QED) is 0.738. The van der Waals surface area contributed by atoms with Gasteiger partial charge in [-0.1, -0.05) is 35.3 Å². The molecule has 0 bridgehead atoms. The van der Waals surface area contributed by atoms with Crippen LogP contribution in [0.2, 0.25) is 10.0 Å². The molecule has 3 aromatic rings. The largest absolute Gasteiger partial charge is 0.399 e. The number of hydrogen-bond acceptors (Lipinski definition) is 4. The molecule has 0 saturated heterocycles. The maximum atomic E-state index is 6.20. The van der Waals surface area contributed by atoms with Gasteiger partial charge in [0.15, 0.2) is 5.82 Å². The molecule has 2 aromatic carbocycles. The molecular formula is C13H9Cl2N5. The number of halogens is 2. The van der Waals surface area contributed by atoms with Crippen LogP contribution in [0.1, 0.15) is 0 Å². The lowest BCUT2D eigenvalue weighted by Gasteiger charge is -2.08. The van der Waals surface area contributed by atoms with E-state index in [0.29, 0.717) is 32.8 Å². The van der Waals surface area contributed by atoms with Gasteiger partial charge in [0.25, 0.3) is 0 Å². The number of benzene rings is 2. The number of nitrogens with two attached hydrogens (primary N) is 1. The molecule has 1 heterocycles.